The Morgan fingerprint density at radius 1 is 1.10 bits per heavy atom. The van der Waals surface area contributed by atoms with Gasteiger partial charge in [-0.15, -0.1) is 0 Å². The quantitative estimate of drug-likeness (QED) is 0.692. The minimum atomic E-state index is -0.519. The summed E-state index contributed by atoms with van der Waals surface area (Å²) in [4.78, 5) is 37.2. The second-order valence-electron chi connectivity index (χ2n) is 8.25. The van der Waals surface area contributed by atoms with E-state index < -0.39 is 5.97 Å². The number of hydrogen-bond donors (Lipinski definition) is 2. The molecule has 0 aliphatic carbocycles. The van der Waals surface area contributed by atoms with Gasteiger partial charge in [-0.2, -0.15) is 0 Å². The van der Waals surface area contributed by atoms with Gasteiger partial charge in [0.2, 0.25) is 5.91 Å². The van der Waals surface area contributed by atoms with Crippen molar-refractivity contribution in [2.24, 2.45) is 5.92 Å². The van der Waals surface area contributed by atoms with Crippen LogP contribution in [-0.4, -0.2) is 37.1 Å². The number of rotatable bonds is 6. The van der Waals surface area contributed by atoms with Crippen molar-refractivity contribution in [3.63, 3.8) is 0 Å². The van der Waals surface area contributed by atoms with E-state index in [1.807, 2.05) is 19.9 Å². The summed E-state index contributed by atoms with van der Waals surface area (Å²) in [5.41, 5.74) is 1.62. The Morgan fingerprint density at radius 3 is 2.52 bits per heavy atom. The Kier molecular flexibility index (Phi) is 7.07. The largest absolute Gasteiger partial charge is 0.465 e. The minimum absolute atomic E-state index is 0.0466. The van der Waals surface area contributed by atoms with Gasteiger partial charge in [-0.1, -0.05) is 18.2 Å². The van der Waals surface area contributed by atoms with Crippen LogP contribution in [0.3, 0.4) is 0 Å². The fourth-order valence-electron chi connectivity index (χ4n) is 3.68. The molecule has 0 unspecified atom stereocenters. The number of amides is 2. The van der Waals surface area contributed by atoms with Gasteiger partial charge in [0.05, 0.1) is 18.3 Å². The summed E-state index contributed by atoms with van der Waals surface area (Å²) in [6.45, 7) is 4.75. The first-order chi connectivity index (χ1) is 14.8. The molecule has 3 rings (SSSR count). The predicted octanol–water partition coefficient (Wildman–Crippen LogP) is 3.55. The van der Waals surface area contributed by atoms with Gasteiger partial charge in [-0.3, -0.25) is 9.59 Å². The van der Waals surface area contributed by atoms with Gasteiger partial charge in [0, 0.05) is 30.3 Å². The van der Waals surface area contributed by atoms with E-state index in [1.54, 1.807) is 42.5 Å². The molecule has 1 fully saturated rings. The molecule has 0 bridgehead atoms. The number of carbonyl (C=O) groups excluding carboxylic acids is 3. The first-order valence-electron chi connectivity index (χ1n) is 10.3. The molecule has 7 heteroatoms. The average Bonchev–Trinajstić information content (AvgIpc) is 2.76. The van der Waals surface area contributed by atoms with Crippen molar-refractivity contribution in [1.82, 2.24) is 5.32 Å². The van der Waals surface area contributed by atoms with E-state index in [-0.39, 0.29) is 29.9 Å². The van der Waals surface area contributed by atoms with E-state index in [4.69, 9.17) is 9.47 Å². The molecule has 7 nitrogen and oxygen atoms in total. The third kappa shape index (κ3) is 6.15. The lowest BCUT2D eigenvalue weighted by molar-refractivity contribution is -0.135. The maximum atomic E-state index is 12.7. The van der Waals surface area contributed by atoms with E-state index in [2.05, 4.69) is 10.6 Å². The lowest BCUT2D eigenvalue weighted by Crippen LogP contribution is -2.41. The molecule has 2 aromatic carbocycles. The molecule has 1 aliphatic heterocycles. The van der Waals surface area contributed by atoms with E-state index in [9.17, 15) is 14.4 Å². The SMILES string of the molecule is COC(=O)c1cc(CNC(=O)[C@@H]2CCOC(C)(C)C2)cc(NC(=O)c2ccccc2)c1. The van der Waals surface area contributed by atoms with Gasteiger partial charge in [-0.25, -0.2) is 4.79 Å². The van der Waals surface area contributed by atoms with Crippen LogP contribution in [0.5, 0.6) is 0 Å². The van der Waals surface area contributed by atoms with Crippen LogP contribution in [0.25, 0.3) is 0 Å². The molecule has 0 saturated carbocycles. The van der Waals surface area contributed by atoms with Crippen molar-refractivity contribution < 1.29 is 23.9 Å². The lowest BCUT2D eigenvalue weighted by Gasteiger charge is -2.34. The zero-order valence-corrected chi connectivity index (χ0v) is 18.1. The molecule has 0 aromatic heterocycles. The number of nitrogens with one attached hydrogen (secondary N) is 2. The number of ether oxygens (including phenoxy) is 2. The van der Waals surface area contributed by atoms with Crippen molar-refractivity contribution >= 4 is 23.5 Å². The molecular formula is C24H28N2O5. The highest BCUT2D eigenvalue weighted by atomic mass is 16.5. The highest BCUT2D eigenvalue weighted by Gasteiger charge is 2.32. The topological polar surface area (TPSA) is 93.7 Å². The molecule has 1 atom stereocenters. The summed E-state index contributed by atoms with van der Waals surface area (Å²) in [7, 11) is 1.30. The van der Waals surface area contributed by atoms with E-state index in [1.165, 1.54) is 7.11 Å². The molecule has 2 amide bonds. The Morgan fingerprint density at radius 2 is 1.84 bits per heavy atom. The Hall–Kier alpha value is -3.19. The first kappa shape index (κ1) is 22.5. The monoisotopic (exact) mass is 424 g/mol. The second kappa shape index (κ2) is 9.75. The average molecular weight is 424 g/mol. The smallest absolute Gasteiger partial charge is 0.337 e. The molecular weight excluding hydrogens is 396 g/mol. The minimum Gasteiger partial charge on any atom is -0.465 e. The van der Waals surface area contributed by atoms with Gasteiger partial charge in [0.25, 0.3) is 5.91 Å². The van der Waals surface area contributed by atoms with Gasteiger partial charge >= 0.3 is 5.97 Å². The zero-order chi connectivity index (χ0) is 22.4. The van der Waals surface area contributed by atoms with Crippen LogP contribution < -0.4 is 10.6 Å². The lowest BCUT2D eigenvalue weighted by atomic mass is 9.88. The number of esters is 1. The number of carbonyl (C=O) groups is 3. The van der Waals surface area contributed by atoms with E-state index in [0.717, 1.165) is 0 Å². The van der Waals surface area contributed by atoms with Crippen LogP contribution in [0, 0.1) is 5.92 Å². The molecule has 2 aromatic rings. The standard InChI is InChI=1S/C24H28N2O5/c1-24(2)14-18(9-10-31-24)21(27)25-15-16-11-19(23(29)30-3)13-20(12-16)26-22(28)17-7-5-4-6-8-17/h4-8,11-13,18H,9-10,14-15H2,1-3H3,(H,25,27)(H,26,28)/t18-/m1/s1. The fourth-order valence-corrected chi connectivity index (χ4v) is 3.68. The number of benzene rings is 2. The molecule has 164 valence electrons. The van der Waals surface area contributed by atoms with Gasteiger partial charge in [-0.05, 0) is 62.6 Å². The van der Waals surface area contributed by atoms with Crippen molar-refractivity contribution in [1.29, 1.82) is 0 Å². The summed E-state index contributed by atoms with van der Waals surface area (Å²) in [5.74, 6) is -0.976. The number of hydrogen-bond acceptors (Lipinski definition) is 5. The van der Waals surface area contributed by atoms with Crippen LogP contribution in [0.2, 0.25) is 0 Å². The molecule has 31 heavy (non-hydrogen) atoms. The maximum Gasteiger partial charge on any atom is 0.337 e. The predicted molar refractivity (Wildman–Crippen MR) is 117 cm³/mol. The first-order valence-corrected chi connectivity index (χ1v) is 10.3. The van der Waals surface area contributed by atoms with E-state index in [0.29, 0.717) is 41.8 Å². The summed E-state index contributed by atoms with van der Waals surface area (Å²) in [6.07, 6.45) is 1.33. The number of methoxy groups -OCH3 is 1. The summed E-state index contributed by atoms with van der Waals surface area (Å²) >= 11 is 0. The summed E-state index contributed by atoms with van der Waals surface area (Å²) < 4.78 is 10.5. The van der Waals surface area contributed by atoms with Gasteiger partial charge in [0.1, 0.15) is 0 Å². The van der Waals surface area contributed by atoms with Crippen LogP contribution in [0.4, 0.5) is 5.69 Å². The Labute approximate surface area is 182 Å². The van der Waals surface area contributed by atoms with Crippen LogP contribution in [0.15, 0.2) is 48.5 Å². The molecule has 1 saturated heterocycles. The van der Waals surface area contributed by atoms with Crippen molar-refractivity contribution in [3.05, 3.63) is 65.2 Å². The van der Waals surface area contributed by atoms with Crippen LogP contribution >= 0.6 is 0 Å². The third-order valence-corrected chi connectivity index (χ3v) is 5.24. The summed E-state index contributed by atoms with van der Waals surface area (Å²) in [6, 6.07) is 13.7. The van der Waals surface area contributed by atoms with Crippen molar-refractivity contribution in [3.8, 4) is 0 Å². The number of anilines is 1. The van der Waals surface area contributed by atoms with Gasteiger partial charge in [0.15, 0.2) is 0 Å². The molecule has 0 radical (unpaired) electrons. The molecule has 0 spiro atoms. The fraction of sp³-hybridized carbons (Fsp3) is 0.375. The molecule has 1 heterocycles. The third-order valence-electron chi connectivity index (χ3n) is 5.24. The maximum absolute atomic E-state index is 12.7. The highest BCUT2D eigenvalue weighted by Crippen LogP contribution is 2.28. The van der Waals surface area contributed by atoms with Crippen molar-refractivity contribution in [2.45, 2.75) is 38.8 Å². The Bertz CT molecular complexity index is 956. The second-order valence-corrected chi connectivity index (χ2v) is 8.25. The molecule has 2 N–H and O–H groups in total. The molecule has 1 aliphatic rings. The van der Waals surface area contributed by atoms with Gasteiger partial charge < -0.3 is 20.1 Å². The highest BCUT2D eigenvalue weighted by molar-refractivity contribution is 6.05. The van der Waals surface area contributed by atoms with Crippen LogP contribution in [-0.2, 0) is 20.8 Å². The van der Waals surface area contributed by atoms with Crippen molar-refractivity contribution in [2.75, 3.05) is 19.0 Å². The van der Waals surface area contributed by atoms with Crippen LogP contribution in [0.1, 0.15) is 53.0 Å². The van der Waals surface area contributed by atoms with E-state index >= 15 is 0 Å². The zero-order valence-electron chi connectivity index (χ0n) is 18.1. The normalized spacial score (nSPS) is 17.5. The Balaban J connectivity index is 1.73. The summed E-state index contributed by atoms with van der Waals surface area (Å²) in [5, 5.41) is 5.75.